The van der Waals surface area contributed by atoms with Gasteiger partial charge < -0.3 is 10.1 Å². The monoisotopic (exact) mass is 336 g/mol. The molecule has 1 aromatic carbocycles. The summed E-state index contributed by atoms with van der Waals surface area (Å²) in [7, 11) is 0. The molecule has 1 N–H and O–H groups in total. The summed E-state index contributed by atoms with van der Waals surface area (Å²) in [6, 6.07) is 6.50. The van der Waals surface area contributed by atoms with E-state index in [4.69, 9.17) is 4.74 Å². The van der Waals surface area contributed by atoms with Gasteiger partial charge in [0.05, 0.1) is 0 Å². The number of hydrogen-bond donors (Lipinski definition) is 1. The normalized spacial score (nSPS) is 14.0. The number of carbonyl (C=O) groups excluding carboxylic acids is 1. The Bertz CT molecular complexity index is 540. The zero-order valence-corrected chi connectivity index (χ0v) is 15.5. The minimum Gasteiger partial charge on any atom is -0.444 e. The third-order valence-corrected chi connectivity index (χ3v) is 4.37. The van der Waals surface area contributed by atoms with Crippen LogP contribution < -0.4 is 5.32 Å². The fourth-order valence-electron chi connectivity index (χ4n) is 2.59. The third-order valence-electron chi connectivity index (χ3n) is 3.68. The van der Waals surface area contributed by atoms with E-state index in [0.29, 0.717) is 13.1 Å². The van der Waals surface area contributed by atoms with Crippen LogP contribution in [0.2, 0.25) is 0 Å². The highest BCUT2D eigenvalue weighted by atomic mass is 32.2. The minimum absolute atomic E-state index is 0.231. The van der Waals surface area contributed by atoms with Gasteiger partial charge in [-0.25, -0.2) is 4.79 Å². The topological polar surface area (TPSA) is 41.6 Å². The number of hydrogen-bond acceptors (Lipinski definition) is 4. The predicted octanol–water partition coefficient (Wildman–Crippen LogP) is 3.78. The van der Waals surface area contributed by atoms with Crippen LogP contribution in [0.5, 0.6) is 0 Å². The molecule has 128 valence electrons. The molecular weight excluding hydrogens is 308 g/mol. The molecule has 1 aromatic rings. The van der Waals surface area contributed by atoms with Gasteiger partial charge in [0.25, 0.3) is 0 Å². The molecule has 0 spiro atoms. The highest BCUT2D eigenvalue weighted by molar-refractivity contribution is 7.98. The number of nitrogens with zero attached hydrogens (tertiary/aromatic N) is 1. The smallest absolute Gasteiger partial charge is 0.410 e. The zero-order valence-electron chi connectivity index (χ0n) is 14.6. The molecule has 0 saturated heterocycles. The van der Waals surface area contributed by atoms with Crippen molar-refractivity contribution in [3.63, 3.8) is 0 Å². The Hall–Kier alpha value is -1.20. The lowest BCUT2D eigenvalue weighted by molar-refractivity contribution is 0.0242. The van der Waals surface area contributed by atoms with Gasteiger partial charge in [-0.3, -0.25) is 4.90 Å². The number of carbonyl (C=O) groups is 1. The molecular formula is C18H28N2O2S. The molecule has 4 nitrogen and oxygen atoms in total. The van der Waals surface area contributed by atoms with Crippen LogP contribution in [0, 0.1) is 0 Å². The fourth-order valence-corrected chi connectivity index (χ4v) is 3.02. The van der Waals surface area contributed by atoms with Crippen LogP contribution in [0.1, 0.15) is 43.9 Å². The van der Waals surface area contributed by atoms with Gasteiger partial charge in [0, 0.05) is 19.6 Å². The van der Waals surface area contributed by atoms with Gasteiger partial charge in [0.2, 0.25) is 0 Å². The van der Waals surface area contributed by atoms with Crippen molar-refractivity contribution < 1.29 is 9.53 Å². The number of thioether (sulfide) groups is 1. The summed E-state index contributed by atoms with van der Waals surface area (Å²) in [4.78, 5) is 13.9. The highest BCUT2D eigenvalue weighted by Crippen LogP contribution is 2.25. The second-order valence-corrected chi connectivity index (χ2v) is 7.95. The molecule has 0 saturated carbocycles. The SMILES string of the molecule is CSCCCNCc1ccc2c(c1)CN(C(=O)OC(C)(C)C)C2. The first-order valence-electron chi connectivity index (χ1n) is 8.17. The number of fused-ring (bicyclic) bond motifs is 1. The lowest BCUT2D eigenvalue weighted by Crippen LogP contribution is -2.33. The fraction of sp³-hybridized carbons (Fsp3) is 0.611. The third kappa shape index (κ3) is 5.74. The molecule has 1 amide bonds. The summed E-state index contributed by atoms with van der Waals surface area (Å²) < 4.78 is 5.46. The first kappa shape index (κ1) is 18.1. The second-order valence-electron chi connectivity index (χ2n) is 6.96. The van der Waals surface area contributed by atoms with Crippen LogP contribution >= 0.6 is 11.8 Å². The van der Waals surface area contributed by atoms with Crippen LogP contribution in [-0.2, 0) is 24.4 Å². The van der Waals surface area contributed by atoms with Crippen molar-refractivity contribution in [3.8, 4) is 0 Å². The molecule has 1 aliphatic heterocycles. The average molecular weight is 337 g/mol. The quantitative estimate of drug-likeness (QED) is 0.803. The molecule has 0 radical (unpaired) electrons. The summed E-state index contributed by atoms with van der Waals surface area (Å²) in [6.07, 6.45) is 3.10. The molecule has 1 heterocycles. The molecule has 23 heavy (non-hydrogen) atoms. The van der Waals surface area contributed by atoms with E-state index < -0.39 is 5.60 Å². The molecule has 0 atom stereocenters. The summed E-state index contributed by atoms with van der Waals surface area (Å²) in [6.45, 7) is 8.91. The van der Waals surface area contributed by atoms with E-state index in [9.17, 15) is 4.79 Å². The zero-order chi connectivity index (χ0) is 16.9. The molecule has 2 rings (SSSR count). The molecule has 0 fully saturated rings. The molecule has 1 aliphatic rings. The van der Waals surface area contributed by atoms with Crippen molar-refractivity contribution in [1.29, 1.82) is 0 Å². The molecule has 5 heteroatoms. The Morgan fingerprint density at radius 1 is 1.30 bits per heavy atom. The van der Waals surface area contributed by atoms with Gasteiger partial charge in [-0.2, -0.15) is 11.8 Å². The summed E-state index contributed by atoms with van der Waals surface area (Å²) in [5.74, 6) is 1.20. The van der Waals surface area contributed by atoms with Crippen LogP contribution in [0.15, 0.2) is 18.2 Å². The Balaban J connectivity index is 1.87. The number of nitrogens with one attached hydrogen (secondary N) is 1. The molecule has 0 bridgehead atoms. The highest BCUT2D eigenvalue weighted by Gasteiger charge is 2.27. The maximum Gasteiger partial charge on any atom is 0.410 e. The number of amides is 1. The van der Waals surface area contributed by atoms with Crippen molar-refractivity contribution in [2.24, 2.45) is 0 Å². The summed E-state index contributed by atoms with van der Waals surface area (Å²) >= 11 is 1.88. The van der Waals surface area contributed by atoms with Crippen LogP contribution in [-0.4, -0.2) is 35.1 Å². The molecule has 0 aliphatic carbocycles. The second kappa shape index (κ2) is 8.06. The van der Waals surface area contributed by atoms with Gasteiger partial charge in [-0.1, -0.05) is 18.2 Å². The minimum atomic E-state index is -0.447. The first-order chi connectivity index (χ1) is 10.9. The summed E-state index contributed by atoms with van der Waals surface area (Å²) in [5.41, 5.74) is 3.29. The standard InChI is InChI=1S/C18H28N2O2S/c1-18(2,3)22-17(21)20-12-15-7-6-14(10-16(15)13-20)11-19-8-5-9-23-4/h6-7,10,19H,5,8-9,11-13H2,1-4H3. The molecule has 0 unspecified atom stereocenters. The van der Waals surface area contributed by atoms with E-state index in [-0.39, 0.29) is 6.09 Å². The lowest BCUT2D eigenvalue weighted by Gasteiger charge is -2.24. The lowest BCUT2D eigenvalue weighted by atomic mass is 10.1. The van der Waals surface area contributed by atoms with Gasteiger partial charge in [-0.15, -0.1) is 0 Å². The predicted molar refractivity (Wildman–Crippen MR) is 96.6 cm³/mol. The van der Waals surface area contributed by atoms with Crippen molar-refractivity contribution in [3.05, 3.63) is 34.9 Å². The average Bonchev–Trinajstić information content (AvgIpc) is 2.88. The Labute approximate surface area is 144 Å². The Morgan fingerprint density at radius 3 is 2.74 bits per heavy atom. The van der Waals surface area contributed by atoms with E-state index in [1.165, 1.54) is 28.9 Å². The maximum atomic E-state index is 12.2. The van der Waals surface area contributed by atoms with Crippen molar-refractivity contribution in [2.75, 3.05) is 18.6 Å². The van der Waals surface area contributed by atoms with E-state index in [2.05, 4.69) is 29.8 Å². The van der Waals surface area contributed by atoms with E-state index in [0.717, 1.165) is 13.1 Å². The van der Waals surface area contributed by atoms with E-state index in [1.807, 2.05) is 32.5 Å². The first-order valence-corrected chi connectivity index (χ1v) is 9.57. The van der Waals surface area contributed by atoms with Crippen LogP contribution in [0.3, 0.4) is 0 Å². The van der Waals surface area contributed by atoms with Gasteiger partial charge in [-0.05, 0) is 62.4 Å². The van der Waals surface area contributed by atoms with Crippen molar-refractivity contribution in [2.45, 2.75) is 52.4 Å². The number of ether oxygens (including phenoxy) is 1. The van der Waals surface area contributed by atoms with Gasteiger partial charge in [0.1, 0.15) is 5.60 Å². The van der Waals surface area contributed by atoms with E-state index >= 15 is 0 Å². The molecule has 0 aromatic heterocycles. The number of benzene rings is 1. The van der Waals surface area contributed by atoms with Crippen molar-refractivity contribution >= 4 is 17.9 Å². The summed E-state index contributed by atoms with van der Waals surface area (Å²) in [5, 5.41) is 3.47. The van der Waals surface area contributed by atoms with E-state index in [1.54, 1.807) is 4.90 Å². The Morgan fingerprint density at radius 2 is 2.04 bits per heavy atom. The number of rotatable bonds is 6. The maximum absolute atomic E-state index is 12.2. The van der Waals surface area contributed by atoms with Crippen LogP contribution in [0.25, 0.3) is 0 Å². The van der Waals surface area contributed by atoms with Crippen LogP contribution in [0.4, 0.5) is 4.79 Å². The van der Waals surface area contributed by atoms with Crippen molar-refractivity contribution in [1.82, 2.24) is 10.2 Å². The Kier molecular flexibility index (Phi) is 6.36. The largest absolute Gasteiger partial charge is 0.444 e. The van der Waals surface area contributed by atoms with Gasteiger partial charge >= 0.3 is 6.09 Å². The van der Waals surface area contributed by atoms with Gasteiger partial charge in [0.15, 0.2) is 0 Å².